The fraction of sp³-hybridized carbons (Fsp3) is 0.0714. The summed E-state index contributed by atoms with van der Waals surface area (Å²) in [6, 6.07) is 9.83. The molecule has 2 heterocycles. The first-order valence-corrected chi connectivity index (χ1v) is 5.39. The molecule has 17 heavy (non-hydrogen) atoms. The molecule has 0 saturated heterocycles. The highest BCUT2D eigenvalue weighted by atomic mass is 16.7. The van der Waals surface area contributed by atoms with Crippen LogP contribution in [0.2, 0.25) is 0 Å². The number of hydrogen-bond acceptors (Lipinski definition) is 3. The van der Waals surface area contributed by atoms with Gasteiger partial charge in [0.05, 0.1) is 0 Å². The van der Waals surface area contributed by atoms with Crippen LogP contribution >= 0.6 is 0 Å². The summed E-state index contributed by atoms with van der Waals surface area (Å²) in [6.45, 7) is 0.312. The van der Waals surface area contributed by atoms with Gasteiger partial charge in [-0.1, -0.05) is 18.2 Å². The summed E-state index contributed by atoms with van der Waals surface area (Å²) in [6.07, 6.45) is 7.63. The number of rotatable bonds is 2. The van der Waals surface area contributed by atoms with E-state index >= 15 is 0 Å². The van der Waals surface area contributed by atoms with Gasteiger partial charge >= 0.3 is 0 Å². The van der Waals surface area contributed by atoms with Crippen molar-refractivity contribution >= 4 is 12.2 Å². The highest BCUT2D eigenvalue weighted by Gasteiger charge is 2.11. The fourth-order valence-corrected chi connectivity index (χ4v) is 1.68. The molecule has 0 N–H and O–H groups in total. The zero-order valence-electron chi connectivity index (χ0n) is 9.17. The molecule has 0 radical (unpaired) electrons. The number of pyridine rings is 1. The van der Waals surface area contributed by atoms with Crippen LogP contribution in [0.1, 0.15) is 11.1 Å². The maximum atomic E-state index is 5.33. The second kappa shape index (κ2) is 4.29. The summed E-state index contributed by atoms with van der Waals surface area (Å²) in [5.74, 6) is 1.62. The lowest BCUT2D eigenvalue weighted by molar-refractivity contribution is 0.174. The molecule has 84 valence electrons. The number of ether oxygens (including phenoxy) is 2. The summed E-state index contributed by atoms with van der Waals surface area (Å²) >= 11 is 0. The highest BCUT2D eigenvalue weighted by Crippen LogP contribution is 2.32. The van der Waals surface area contributed by atoms with Crippen molar-refractivity contribution in [1.82, 2.24) is 4.98 Å². The van der Waals surface area contributed by atoms with Crippen molar-refractivity contribution in [1.29, 1.82) is 0 Å². The number of benzene rings is 1. The molecule has 1 aliphatic rings. The van der Waals surface area contributed by atoms with Gasteiger partial charge in [-0.15, -0.1) is 0 Å². The molecule has 0 bridgehead atoms. The largest absolute Gasteiger partial charge is 0.454 e. The van der Waals surface area contributed by atoms with Crippen LogP contribution in [-0.4, -0.2) is 11.8 Å². The molecule has 2 aromatic rings. The lowest BCUT2D eigenvalue weighted by atomic mass is 10.1. The zero-order chi connectivity index (χ0) is 11.5. The van der Waals surface area contributed by atoms with Gasteiger partial charge in [0.15, 0.2) is 11.5 Å². The first kappa shape index (κ1) is 9.90. The van der Waals surface area contributed by atoms with Gasteiger partial charge in [0.2, 0.25) is 6.79 Å². The molecule has 0 unspecified atom stereocenters. The van der Waals surface area contributed by atoms with Crippen molar-refractivity contribution in [2.75, 3.05) is 6.79 Å². The minimum absolute atomic E-state index is 0.312. The Balaban J connectivity index is 1.84. The Morgan fingerprint density at radius 1 is 0.882 bits per heavy atom. The van der Waals surface area contributed by atoms with E-state index in [0.29, 0.717) is 6.79 Å². The topological polar surface area (TPSA) is 31.4 Å². The molecular formula is C14H11NO2. The van der Waals surface area contributed by atoms with Crippen molar-refractivity contribution in [3.63, 3.8) is 0 Å². The van der Waals surface area contributed by atoms with Gasteiger partial charge in [0.25, 0.3) is 0 Å². The lowest BCUT2D eigenvalue weighted by Crippen LogP contribution is -1.92. The van der Waals surface area contributed by atoms with Gasteiger partial charge < -0.3 is 9.47 Å². The van der Waals surface area contributed by atoms with Crippen LogP contribution in [0.3, 0.4) is 0 Å². The highest BCUT2D eigenvalue weighted by molar-refractivity contribution is 5.70. The van der Waals surface area contributed by atoms with E-state index in [1.165, 1.54) is 0 Å². The SMILES string of the molecule is C(=Cc1ccc2c(c1)OCO2)c1ccncc1. The predicted molar refractivity (Wildman–Crippen MR) is 65.7 cm³/mol. The molecule has 0 fully saturated rings. The van der Waals surface area contributed by atoms with Crippen LogP contribution in [-0.2, 0) is 0 Å². The molecule has 3 heteroatoms. The minimum atomic E-state index is 0.312. The maximum absolute atomic E-state index is 5.33. The Bertz CT molecular complexity index is 549. The molecule has 0 atom stereocenters. The Labute approximate surface area is 99.3 Å². The number of nitrogens with zero attached hydrogens (tertiary/aromatic N) is 1. The summed E-state index contributed by atoms with van der Waals surface area (Å²) in [5.41, 5.74) is 2.21. The molecule has 3 nitrogen and oxygen atoms in total. The van der Waals surface area contributed by atoms with E-state index in [-0.39, 0.29) is 0 Å². The van der Waals surface area contributed by atoms with Crippen LogP contribution < -0.4 is 9.47 Å². The van der Waals surface area contributed by atoms with Crippen LogP contribution in [0.4, 0.5) is 0 Å². The normalized spacial score (nSPS) is 13.2. The zero-order valence-corrected chi connectivity index (χ0v) is 9.17. The van der Waals surface area contributed by atoms with E-state index in [1.807, 2.05) is 42.5 Å². The lowest BCUT2D eigenvalue weighted by Gasteiger charge is -1.97. The third kappa shape index (κ3) is 2.13. The van der Waals surface area contributed by atoms with Gasteiger partial charge in [0, 0.05) is 12.4 Å². The van der Waals surface area contributed by atoms with Crippen molar-refractivity contribution in [3.8, 4) is 11.5 Å². The van der Waals surface area contributed by atoms with Crippen LogP contribution in [0.15, 0.2) is 42.7 Å². The number of aromatic nitrogens is 1. The Morgan fingerprint density at radius 2 is 1.65 bits per heavy atom. The van der Waals surface area contributed by atoms with E-state index in [4.69, 9.17) is 9.47 Å². The van der Waals surface area contributed by atoms with Gasteiger partial charge in [-0.2, -0.15) is 0 Å². The predicted octanol–water partition coefficient (Wildman–Crippen LogP) is 2.98. The number of fused-ring (bicyclic) bond motifs is 1. The Morgan fingerprint density at radius 3 is 2.53 bits per heavy atom. The van der Waals surface area contributed by atoms with Gasteiger partial charge in [0.1, 0.15) is 0 Å². The molecule has 0 saturated carbocycles. The van der Waals surface area contributed by atoms with Crippen molar-refractivity contribution < 1.29 is 9.47 Å². The monoisotopic (exact) mass is 225 g/mol. The average Bonchev–Trinajstić information content (AvgIpc) is 2.85. The Hall–Kier alpha value is -2.29. The van der Waals surface area contributed by atoms with E-state index < -0.39 is 0 Å². The summed E-state index contributed by atoms with van der Waals surface area (Å²) in [7, 11) is 0. The minimum Gasteiger partial charge on any atom is -0.454 e. The van der Waals surface area contributed by atoms with Gasteiger partial charge in [-0.05, 0) is 35.4 Å². The molecular weight excluding hydrogens is 214 g/mol. The van der Waals surface area contributed by atoms with Crippen molar-refractivity contribution in [2.24, 2.45) is 0 Å². The van der Waals surface area contributed by atoms with E-state index in [9.17, 15) is 0 Å². The first-order valence-electron chi connectivity index (χ1n) is 5.39. The molecule has 1 aromatic carbocycles. The third-order valence-electron chi connectivity index (χ3n) is 2.57. The van der Waals surface area contributed by atoms with Crippen LogP contribution in [0.5, 0.6) is 11.5 Å². The average molecular weight is 225 g/mol. The molecule has 0 amide bonds. The van der Waals surface area contributed by atoms with Crippen molar-refractivity contribution in [2.45, 2.75) is 0 Å². The maximum Gasteiger partial charge on any atom is 0.231 e. The van der Waals surface area contributed by atoms with E-state index in [0.717, 1.165) is 22.6 Å². The summed E-state index contributed by atoms with van der Waals surface area (Å²) in [5, 5.41) is 0. The first-order chi connectivity index (χ1) is 8.42. The second-order valence-electron chi connectivity index (χ2n) is 3.73. The van der Waals surface area contributed by atoms with Crippen molar-refractivity contribution in [3.05, 3.63) is 53.9 Å². The summed E-state index contributed by atoms with van der Waals surface area (Å²) < 4.78 is 10.6. The fourth-order valence-electron chi connectivity index (χ4n) is 1.68. The van der Waals surface area contributed by atoms with E-state index in [2.05, 4.69) is 4.98 Å². The molecule has 0 spiro atoms. The van der Waals surface area contributed by atoms with E-state index in [1.54, 1.807) is 12.4 Å². The quantitative estimate of drug-likeness (QED) is 0.787. The van der Waals surface area contributed by atoms with Gasteiger partial charge in [-0.3, -0.25) is 4.98 Å². The van der Waals surface area contributed by atoms with Crippen LogP contribution in [0.25, 0.3) is 12.2 Å². The Kier molecular flexibility index (Phi) is 2.50. The number of hydrogen-bond donors (Lipinski definition) is 0. The second-order valence-corrected chi connectivity index (χ2v) is 3.73. The molecule has 0 aliphatic carbocycles. The standard InChI is InChI=1S/C14H11NO2/c1(11-5-7-15-8-6-11)2-12-3-4-13-14(9-12)17-10-16-13/h1-9H,10H2. The molecule has 1 aliphatic heterocycles. The van der Waals surface area contributed by atoms with Gasteiger partial charge in [-0.25, -0.2) is 0 Å². The van der Waals surface area contributed by atoms with Crippen LogP contribution in [0, 0.1) is 0 Å². The molecule has 1 aromatic heterocycles. The third-order valence-corrected chi connectivity index (χ3v) is 2.57. The summed E-state index contributed by atoms with van der Waals surface area (Å²) in [4.78, 5) is 3.98. The molecule has 3 rings (SSSR count). The smallest absolute Gasteiger partial charge is 0.231 e.